The summed E-state index contributed by atoms with van der Waals surface area (Å²) in [7, 11) is 0. The second kappa shape index (κ2) is 11.4. The first kappa shape index (κ1) is 25.2. The van der Waals surface area contributed by atoms with E-state index < -0.39 is 0 Å². The SMILES string of the molecule is O=C(c1ccccn1)c1cccnc1N1CCNC(c2cnc(C(=O)c3cccnc3N3CCNCC3)s2)C1. The van der Waals surface area contributed by atoms with Crippen LogP contribution in [0, 0.1) is 0 Å². The van der Waals surface area contributed by atoms with Gasteiger partial charge in [-0.05, 0) is 36.4 Å². The summed E-state index contributed by atoms with van der Waals surface area (Å²) in [5, 5.41) is 7.31. The first-order valence-electron chi connectivity index (χ1n) is 13.0. The molecule has 0 bridgehead atoms. The standard InChI is InChI=1S/C28H28N8O2S/c37-24(21-7-1-2-8-30-21)19-5-3-10-33-27(19)36-16-13-31-22(18-36)23-17-34-28(39-23)25(38)20-6-4-9-32-26(20)35-14-11-29-12-15-35/h1-10,17,22,29,31H,11-16,18H2. The Balaban J connectivity index is 1.21. The number of aromatic nitrogens is 4. The minimum absolute atomic E-state index is 0.0563. The zero-order chi connectivity index (χ0) is 26.6. The first-order chi connectivity index (χ1) is 19.2. The van der Waals surface area contributed by atoms with E-state index in [0.717, 1.165) is 31.1 Å². The second-order valence-electron chi connectivity index (χ2n) is 9.38. The highest BCUT2D eigenvalue weighted by Crippen LogP contribution is 2.30. The predicted molar refractivity (Wildman–Crippen MR) is 150 cm³/mol. The van der Waals surface area contributed by atoms with Crippen LogP contribution >= 0.6 is 11.3 Å². The van der Waals surface area contributed by atoms with Gasteiger partial charge in [-0.1, -0.05) is 6.07 Å². The summed E-state index contributed by atoms with van der Waals surface area (Å²) in [5.41, 5.74) is 1.48. The minimum Gasteiger partial charge on any atom is -0.353 e. The van der Waals surface area contributed by atoms with E-state index >= 15 is 0 Å². The number of ketones is 2. The van der Waals surface area contributed by atoms with Crippen LogP contribution in [0.2, 0.25) is 0 Å². The van der Waals surface area contributed by atoms with Crippen molar-refractivity contribution in [3.05, 3.63) is 94.0 Å². The Labute approximate surface area is 230 Å². The Bertz CT molecular complexity index is 1470. The number of nitrogens with zero attached hydrogens (tertiary/aromatic N) is 6. The van der Waals surface area contributed by atoms with Crippen LogP contribution in [-0.2, 0) is 0 Å². The molecule has 11 heteroatoms. The van der Waals surface area contributed by atoms with Gasteiger partial charge in [-0.15, -0.1) is 11.3 Å². The Morgan fingerprint density at radius 3 is 2.21 bits per heavy atom. The topological polar surface area (TPSA) is 116 Å². The Kier molecular flexibility index (Phi) is 7.35. The lowest BCUT2D eigenvalue weighted by molar-refractivity contribution is 0.102. The van der Waals surface area contributed by atoms with Crippen LogP contribution in [0.15, 0.2) is 67.3 Å². The average molecular weight is 541 g/mol. The summed E-state index contributed by atoms with van der Waals surface area (Å²) in [6, 6.07) is 12.4. The van der Waals surface area contributed by atoms with E-state index in [-0.39, 0.29) is 17.6 Å². The molecular formula is C28H28N8O2S. The third kappa shape index (κ3) is 5.29. The van der Waals surface area contributed by atoms with E-state index in [1.165, 1.54) is 11.3 Å². The van der Waals surface area contributed by atoms with E-state index in [4.69, 9.17) is 0 Å². The van der Waals surface area contributed by atoms with Gasteiger partial charge in [-0.3, -0.25) is 14.6 Å². The number of pyridine rings is 3. The van der Waals surface area contributed by atoms with Gasteiger partial charge >= 0.3 is 0 Å². The molecule has 0 aromatic carbocycles. The fourth-order valence-corrected chi connectivity index (χ4v) is 5.90. The highest BCUT2D eigenvalue weighted by molar-refractivity contribution is 7.13. The van der Waals surface area contributed by atoms with E-state index in [1.54, 1.807) is 61.2 Å². The molecule has 6 rings (SSSR count). The van der Waals surface area contributed by atoms with Crippen LogP contribution in [0.1, 0.15) is 42.3 Å². The highest BCUT2D eigenvalue weighted by atomic mass is 32.1. The summed E-state index contributed by atoms with van der Waals surface area (Å²) in [6.07, 6.45) is 6.82. The van der Waals surface area contributed by atoms with Gasteiger partial charge in [-0.25, -0.2) is 15.0 Å². The quantitative estimate of drug-likeness (QED) is 0.339. The predicted octanol–water partition coefficient (Wildman–Crippen LogP) is 2.35. The number of nitrogens with one attached hydrogen (secondary N) is 2. The third-order valence-corrected chi connectivity index (χ3v) is 8.02. The van der Waals surface area contributed by atoms with Crippen LogP contribution in [-0.4, -0.2) is 77.3 Å². The molecule has 0 radical (unpaired) electrons. The number of thiazole rings is 1. The molecule has 0 aliphatic carbocycles. The van der Waals surface area contributed by atoms with Crippen molar-refractivity contribution >= 4 is 34.5 Å². The van der Waals surface area contributed by atoms with Gasteiger partial charge in [0.05, 0.1) is 17.2 Å². The molecule has 0 amide bonds. The average Bonchev–Trinajstić information content (AvgIpc) is 3.52. The molecule has 39 heavy (non-hydrogen) atoms. The molecule has 2 N–H and O–H groups in total. The van der Waals surface area contributed by atoms with Crippen molar-refractivity contribution in [1.82, 2.24) is 30.6 Å². The number of rotatable bonds is 7. The second-order valence-corrected chi connectivity index (χ2v) is 10.4. The molecular weight excluding hydrogens is 512 g/mol. The van der Waals surface area contributed by atoms with Gasteiger partial charge in [0.25, 0.3) is 0 Å². The van der Waals surface area contributed by atoms with Crippen molar-refractivity contribution in [3.8, 4) is 0 Å². The van der Waals surface area contributed by atoms with Crippen molar-refractivity contribution in [1.29, 1.82) is 0 Å². The van der Waals surface area contributed by atoms with Gasteiger partial charge in [0.2, 0.25) is 11.6 Å². The number of carbonyl (C=O) groups excluding carboxylic acids is 2. The van der Waals surface area contributed by atoms with Crippen molar-refractivity contribution in [3.63, 3.8) is 0 Å². The number of anilines is 2. The molecule has 10 nitrogen and oxygen atoms in total. The minimum atomic E-state index is -0.156. The molecule has 198 valence electrons. The molecule has 4 aromatic rings. The van der Waals surface area contributed by atoms with Crippen LogP contribution in [0.3, 0.4) is 0 Å². The van der Waals surface area contributed by atoms with Crippen LogP contribution < -0.4 is 20.4 Å². The van der Waals surface area contributed by atoms with E-state index in [9.17, 15) is 9.59 Å². The van der Waals surface area contributed by atoms with E-state index in [2.05, 4.69) is 40.4 Å². The van der Waals surface area contributed by atoms with Crippen molar-refractivity contribution in [2.45, 2.75) is 6.04 Å². The molecule has 4 aromatic heterocycles. The number of carbonyl (C=O) groups is 2. The molecule has 2 saturated heterocycles. The summed E-state index contributed by atoms with van der Waals surface area (Å²) >= 11 is 1.40. The van der Waals surface area contributed by atoms with Crippen LogP contribution in [0.25, 0.3) is 0 Å². The largest absolute Gasteiger partial charge is 0.353 e. The number of hydrogen-bond donors (Lipinski definition) is 2. The maximum absolute atomic E-state index is 13.5. The fraction of sp³-hybridized carbons (Fsp3) is 0.286. The molecule has 2 aliphatic rings. The normalized spacial score (nSPS) is 17.7. The Morgan fingerprint density at radius 1 is 0.769 bits per heavy atom. The maximum Gasteiger partial charge on any atom is 0.225 e. The molecule has 0 saturated carbocycles. The maximum atomic E-state index is 13.5. The van der Waals surface area contributed by atoms with Gasteiger partial charge < -0.3 is 20.4 Å². The smallest absolute Gasteiger partial charge is 0.225 e. The third-order valence-electron chi connectivity index (χ3n) is 6.91. The fourth-order valence-electron chi connectivity index (χ4n) is 4.96. The molecule has 6 heterocycles. The van der Waals surface area contributed by atoms with Crippen molar-refractivity contribution in [2.24, 2.45) is 0 Å². The van der Waals surface area contributed by atoms with Crippen LogP contribution in [0.4, 0.5) is 11.6 Å². The summed E-state index contributed by atoms with van der Waals surface area (Å²) in [5.74, 6) is 1.07. The van der Waals surface area contributed by atoms with Crippen molar-refractivity contribution in [2.75, 3.05) is 55.6 Å². The zero-order valence-electron chi connectivity index (χ0n) is 21.3. The molecule has 0 spiro atoms. The Hall–Kier alpha value is -4.06. The molecule has 1 unspecified atom stereocenters. The Morgan fingerprint density at radius 2 is 1.46 bits per heavy atom. The molecule has 2 aliphatic heterocycles. The first-order valence-corrected chi connectivity index (χ1v) is 13.8. The summed E-state index contributed by atoms with van der Waals surface area (Å²) in [6.45, 7) is 5.33. The molecule has 1 atom stereocenters. The van der Waals surface area contributed by atoms with E-state index in [0.29, 0.717) is 53.1 Å². The molecule has 2 fully saturated rings. The van der Waals surface area contributed by atoms with Gasteiger partial charge in [0.15, 0.2) is 5.01 Å². The zero-order valence-corrected chi connectivity index (χ0v) is 22.1. The highest BCUT2D eigenvalue weighted by Gasteiger charge is 2.29. The lowest BCUT2D eigenvalue weighted by Crippen LogP contribution is -2.46. The van der Waals surface area contributed by atoms with Gasteiger partial charge in [0, 0.05) is 75.5 Å². The van der Waals surface area contributed by atoms with E-state index in [1.807, 2.05) is 6.07 Å². The van der Waals surface area contributed by atoms with Crippen LogP contribution in [0.5, 0.6) is 0 Å². The van der Waals surface area contributed by atoms with Crippen molar-refractivity contribution < 1.29 is 9.59 Å². The van der Waals surface area contributed by atoms with Gasteiger partial charge in [-0.2, -0.15) is 0 Å². The lowest BCUT2D eigenvalue weighted by atomic mass is 10.1. The monoisotopic (exact) mass is 540 g/mol. The summed E-state index contributed by atoms with van der Waals surface area (Å²) < 4.78 is 0. The number of hydrogen-bond acceptors (Lipinski definition) is 11. The van der Waals surface area contributed by atoms with Gasteiger partial charge in [0.1, 0.15) is 17.3 Å². The summed E-state index contributed by atoms with van der Waals surface area (Å²) in [4.78, 5) is 49.8. The lowest BCUT2D eigenvalue weighted by Gasteiger charge is -2.34. The number of piperazine rings is 2.